The predicted octanol–water partition coefficient (Wildman–Crippen LogP) is 4.47. The number of aromatic carboxylic acids is 1. The first kappa shape index (κ1) is 18.9. The highest BCUT2D eigenvalue weighted by molar-refractivity contribution is 7.15. The summed E-state index contributed by atoms with van der Waals surface area (Å²) >= 11 is 0.995. The molecule has 1 aliphatic heterocycles. The number of benzene rings is 2. The van der Waals surface area contributed by atoms with E-state index in [4.69, 9.17) is 9.15 Å². The van der Waals surface area contributed by atoms with Crippen molar-refractivity contribution in [2.45, 2.75) is 6.23 Å². The zero-order chi connectivity index (χ0) is 21.7. The lowest BCUT2D eigenvalue weighted by atomic mass is 10.1. The minimum Gasteiger partial charge on any atom is -0.504 e. The normalized spacial score (nSPS) is 14.7. The number of carbonyl (C=O) groups excluding carboxylic acids is 1. The van der Waals surface area contributed by atoms with Crippen molar-refractivity contribution >= 4 is 44.9 Å². The molecule has 1 aliphatic rings. The molecule has 0 saturated heterocycles. The van der Waals surface area contributed by atoms with E-state index in [-0.39, 0.29) is 39.0 Å². The summed E-state index contributed by atoms with van der Waals surface area (Å²) in [7, 11) is 0. The molecule has 0 fully saturated rings. The van der Waals surface area contributed by atoms with Crippen LogP contribution in [0.2, 0.25) is 0 Å². The van der Waals surface area contributed by atoms with Gasteiger partial charge in [0.1, 0.15) is 16.3 Å². The van der Waals surface area contributed by atoms with Gasteiger partial charge in [-0.15, -0.1) is 11.3 Å². The number of aromatic hydroxyl groups is 1. The van der Waals surface area contributed by atoms with Crippen molar-refractivity contribution in [2.24, 2.45) is 0 Å². The maximum absolute atomic E-state index is 13.8. The first-order valence-electron chi connectivity index (χ1n) is 9.01. The number of carboxylic acids is 1. The van der Waals surface area contributed by atoms with Crippen molar-refractivity contribution in [2.75, 3.05) is 10.6 Å². The van der Waals surface area contributed by atoms with Gasteiger partial charge in [-0.1, -0.05) is 18.2 Å². The molecule has 4 N–H and O–H groups in total. The topological polar surface area (TPSA) is 121 Å². The Morgan fingerprint density at radius 3 is 2.74 bits per heavy atom. The smallest absolute Gasteiger partial charge is 0.339 e. The van der Waals surface area contributed by atoms with Crippen LogP contribution in [0.4, 0.5) is 15.1 Å². The van der Waals surface area contributed by atoms with Gasteiger partial charge in [0.25, 0.3) is 5.91 Å². The number of ether oxygens (including phenoxy) is 1. The SMILES string of the molecule is O=C(O)c1c(-c2cc3cccc(O)c3o2)csc1NC(=O)C1Nc2cccc(F)c2O1. The van der Waals surface area contributed by atoms with Crippen molar-refractivity contribution in [1.29, 1.82) is 0 Å². The molecule has 5 rings (SSSR count). The van der Waals surface area contributed by atoms with E-state index in [0.29, 0.717) is 11.1 Å². The van der Waals surface area contributed by atoms with Crippen LogP contribution in [0.1, 0.15) is 10.4 Å². The number of carbonyl (C=O) groups is 2. The summed E-state index contributed by atoms with van der Waals surface area (Å²) in [4.78, 5) is 24.6. The lowest BCUT2D eigenvalue weighted by molar-refractivity contribution is -0.121. The maximum Gasteiger partial charge on any atom is 0.339 e. The van der Waals surface area contributed by atoms with Crippen LogP contribution in [0.5, 0.6) is 11.5 Å². The fourth-order valence-electron chi connectivity index (χ4n) is 3.35. The third-order valence-corrected chi connectivity index (χ3v) is 5.65. The molecule has 1 amide bonds. The minimum atomic E-state index is -1.27. The average molecular weight is 440 g/mol. The molecule has 10 heteroatoms. The Kier molecular flexibility index (Phi) is 4.29. The van der Waals surface area contributed by atoms with E-state index in [1.54, 1.807) is 24.3 Å². The van der Waals surface area contributed by atoms with Crippen LogP contribution in [0.3, 0.4) is 0 Å². The Morgan fingerprint density at radius 1 is 1.19 bits per heavy atom. The lowest BCUT2D eigenvalue weighted by Gasteiger charge is -2.11. The Bertz CT molecular complexity index is 1360. The van der Waals surface area contributed by atoms with Gasteiger partial charge in [0.2, 0.25) is 6.23 Å². The summed E-state index contributed by atoms with van der Waals surface area (Å²) in [6.07, 6.45) is -1.22. The summed E-state index contributed by atoms with van der Waals surface area (Å²) in [5, 5.41) is 27.2. The molecule has 0 aliphatic carbocycles. The second-order valence-electron chi connectivity index (χ2n) is 6.71. The summed E-state index contributed by atoms with van der Waals surface area (Å²) in [6, 6.07) is 10.7. The van der Waals surface area contributed by atoms with Crippen molar-refractivity contribution in [3.8, 4) is 22.8 Å². The maximum atomic E-state index is 13.8. The molecular formula is C21H13FN2O6S. The van der Waals surface area contributed by atoms with Crippen LogP contribution in [0, 0.1) is 5.82 Å². The Labute approximate surface area is 177 Å². The van der Waals surface area contributed by atoms with Gasteiger partial charge in [-0.3, -0.25) is 4.79 Å². The first-order chi connectivity index (χ1) is 14.9. The number of hydrogen-bond acceptors (Lipinski definition) is 7. The third-order valence-electron chi connectivity index (χ3n) is 4.76. The molecule has 156 valence electrons. The average Bonchev–Trinajstić information content (AvgIpc) is 3.44. The number of phenolic OH excluding ortho intramolecular Hbond substituents is 1. The van der Waals surface area contributed by atoms with E-state index in [9.17, 15) is 24.2 Å². The van der Waals surface area contributed by atoms with Crippen LogP contribution in [0.25, 0.3) is 22.3 Å². The summed E-state index contributed by atoms with van der Waals surface area (Å²) in [5.41, 5.74) is 0.637. The van der Waals surface area contributed by atoms with Crippen molar-refractivity contribution < 1.29 is 33.3 Å². The van der Waals surface area contributed by atoms with Crippen molar-refractivity contribution in [1.82, 2.24) is 0 Å². The molecule has 1 atom stereocenters. The molecule has 0 radical (unpaired) electrons. The summed E-state index contributed by atoms with van der Waals surface area (Å²) in [6.45, 7) is 0. The third kappa shape index (κ3) is 3.13. The number of amides is 1. The van der Waals surface area contributed by atoms with Gasteiger partial charge >= 0.3 is 5.97 Å². The number of hydrogen-bond donors (Lipinski definition) is 4. The molecule has 0 spiro atoms. The number of nitrogens with one attached hydrogen (secondary N) is 2. The minimum absolute atomic E-state index is 0.0685. The Balaban J connectivity index is 1.45. The number of para-hydroxylation sites is 2. The van der Waals surface area contributed by atoms with Crippen molar-refractivity contribution in [3.63, 3.8) is 0 Å². The molecule has 1 unspecified atom stereocenters. The highest BCUT2D eigenvalue weighted by Gasteiger charge is 2.32. The second-order valence-corrected chi connectivity index (χ2v) is 7.59. The van der Waals surface area contributed by atoms with E-state index < -0.39 is 23.9 Å². The molecular weight excluding hydrogens is 427 g/mol. The van der Waals surface area contributed by atoms with Gasteiger partial charge in [0, 0.05) is 16.3 Å². The van der Waals surface area contributed by atoms with E-state index in [2.05, 4.69) is 10.6 Å². The molecule has 0 saturated carbocycles. The van der Waals surface area contributed by atoms with Crippen LogP contribution in [-0.2, 0) is 4.79 Å². The fraction of sp³-hybridized carbons (Fsp3) is 0.0476. The Morgan fingerprint density at radius 2 is 2.00 bits per heavy atom. The summed E-state index contributed by atoms with van der Waals surface area (Å²) in [5.74, 6) is -2.48. The van der Waals surface area contributed by atoms with Gasteiger partial charge in [0.15, 0.2) is 22.9 Å². The molecule has 2 aromatic carbocycles. The fourth-order valence-corrected chi connectivity index (χ4v) is 4.30. The zero-order valence-electron chi connectivity index (χ0n) is 15.5. The first-order valence-corrected chi connectivity index (χ1v) is 9.89. The van der Waals surface area contributed by atoms with Gasteiger partial charge in [-0.05, 0) is 24.3 Å². The quantitative estimate of drug-likeness (QED) is 0.369. The van der Waals surface area contributed by atoms with E-state index in [0.717, 1.165) is 11.3 Å². The van der Waals surface area contributed by atoms with Crippen molar-refractivity contribution in [3.05, 3.63) is 59.2 Å². The van der Waals surface area contributed by atoms with E-state index in [1.165, 1.54) is 23.6 Å². The molecule has 3 heterocycles. The number of phenols is 1. The number of fused-ring (bicyclic) bond motifs is 2. The Hall–Kier alpha value is -4.05. The van der Waals surface area contributed by atoms with Crippen LogP contribution in [0.15, 0.2) is 52.3 Å². The molecule has 8 nitrogen and oxygen atoms in total. The second kappa shape index (κ2) is 7.03. The highest BCUT2D eigenvalue weighted by atomic mass is 32.1. The number of carboxylic acid groups (broad SMARTS) is 1. The number of furan rings is 1. The molecule has 4 aromatic rings. The number of thiophene rings is 1. The molecule has 31 heavy (non-hydrogen) atoms. The zero-order valence-corrected chi connectivity index (χ0v) is 16.3. The van der Waals surface area contributed by atoms with Crippen LogP contribution >= 0.6 is 11.3 Å². The number of halogens is 1. The van der Waals surface area contributed by atoms with Gasteiger partial charge < -0.3 is 30.0 Å². The molecule has 0 bridgehead atoms. The number of rotatable bonds is 4. The highest BCUT2D eigenvalue weighted by Crippen LogP contribution is 2.40. The standard InChI is InChI=1S/C21H13FN2O6S/c22-11-4-2-5-12-17(11)30-19(23-12)18(26)24-20-15(21(27)28)10(8-31-20)14-7-9-3-1-6-13(25)16(9)29-14/h1-8,19,23,25H,(H,24,26)(H,27,28). The monoisotopic (exact) mass is 440 g/mol. The van der Waals surface area contributed by atoms with Crippen LogP contribution < -0.4 is 15.4 Å². The number of anilines is 2. The van der Waals surface area contributed by atoms with E-state index >= 15 is 0 Å². The predicted molar refractivity (Wildman–Crippen MR) is 111 cm³/mol. The van der Waals surface area contributed by atoms with Gasteiger partial charge in [0.05, 0.1) is 5.69 Å². The lowest BCUT2D eigenvalue weighted by Crippen LogP contribution is -2.36. The largest absolute Gasteiger partial charge is 0.504 e. The summed E-state index contributed by atoms with van der Waals surface area (Å²) < 4.78 is 24.8. The van der Waals surface area contributed by atoms with Gasteiger partial charge in [-0.2, -0.15) is 0 Å². The van der Waals surface area contributed by atoms with E-state index in [1.807, 2.05) is 0 Å². The van der Waals surface area contributed by atoms with Crippen LogP contribution in [-0.4, -0.2) is 28.3 Å². The van der Waals surface area contributed by atoms with Gasteiger partial charge in [-0.25, -0.2) is 9.18 Å². The molecule has 2 aromatic heterocycles.